The smallest absolute Gasteiger partial charge is 0.337 e. The molecule has 0 aliphatic carbocycles. The Bertz CT molecular complexity index is 684. The van der Waals surface area contributed by atoms with Gasteiger partial charge in [0, 0.05) is 13.2 Å². The Labute approximate surface area is 145 Å². The molecule has 0 spiro atoms. The average molecular weight is 348 g/mol. The molecule has 8 heteroatoms. The normalized spacial score (nSPS) is 19.2. The van der Waals surface area contributed by atoms with Gasteiger partial charge in [-0.1, -0.05) is 0 Å². The fourth-order valence-electron chi connectivity index (χ4n) is 2.86. The van der Waals surface area contributed by atoms with E-state index in [0.29, 0.717) is 23.5 Å². The molecule has 25 heavy (non-hydrogen) atoms. The van der Waals surface area contributed by atoms with Gasteiger partial charge in [0.2, 0.25) is 5.91 Å². The zero-order valence-corrected chi connectivity index (χ0v) is 13.9. The number of nitrogens with one attached hydrogen (secondary N) is 1. The van der Waals surface area contributed by atoms with Crippen molar-refractivity contribution in [1.82, 2.24) is 5.32 Å². The Morgan fingerprint density at radius 1 is 1.40 bits per heavy atom. The maximum atomic E-state index is 12.2. The molecule has 1 aromatic carbocycles. The van der Waals surface area contributed by atoms with Crippen molar-refractivity contribution in [3.8, 4) is 5.75 Å². The van der Waals surface area contributed by atoms with Gasteiger partial charge >= 0.3 is 5.97 Å². The van der Waals surface area contributed by atoms with E-state index in [2.05, 4.69) is 10.1 Å². The average Bonchev–Trinajstić information content (AvgIpc) is 3.15. The number of rotatable bonds is 5. The number of carbonyl (C=O) groups is 3. The van der Waals surface area contributed by atoms with Crippen molar-refractivity contribution in [2.24, 2.45) is 0 Å². The molecule has 0 radical (unpaired) electrons. The maximum absolute atomic E-state index is 12.2. The van der Waals surface area contributed by atoms with Crippen molar-refractivity contribution >= 4 is 23.5 Å². The lowest BCUT2D eigenvalue weighted by atomic mass is 10.1. The molecule has 1 saturated heterocycles. The van der Waals surface area contributed by atoms with Crippen molar-refractivity contribution in [2.45, 2.75) is 18.9 Å². The number of hydrogen-bond donors (Lipinski definition) is 1. The Morgan fingerprint density at radius 2 is 2.24 bits per heavy atom. The largest absolute Gasteiger partial charge is 0.482 e. The van der Waals surface area contributed by atoms with E-state index < -0.39 is 5.97 Å². The van der Waals surface area contributed by atoms with Crippen LogP contribution in [-0.2, 0) is 19.1 Å². The first kappa shape index (κ1) is 17.2. The maximum Gasteiger partial charge on any atom is 0.337 e. The van der Waals surface area contributed by atoms with E-state index in [1.54, 1.807) is 6.07 Å². The molecule has 1 N–H and O–H groups in total. The molecule has 0 aromatic heterocycles. The van der Waals surface area contributed by atoms with E-state index in [-0.39, 0.29) is 31.1 Å². The molecule has 1 fully saturated rings. The molecule has 8 nitrogen and oxygen atoms in total. The number of nitrogens with zero attached hydrogens (tertiary/aromatic N) is 1. The molecule has 2 aliphatic rings. The number of amides is 2. The summed E-state index contributed by atoms with van der Waals surface area (Å²) in [5.41, 5.74) is 0.773. The van der Waals surface area contributed by atoms with Crippen LogP contribution in [0.3, 0.4) is 0 Å². The van der Waals surface area contributed by atoms with Crippen LogP contribution in [0.25, 0.3) is 0 Å². The minimum Gasteiger partial charge on any atom is -0.482 e. The van der Waals surface area contributed by atoms with E-state index in [4.69, 9.17) is 9.47 Å². The first-order valence-corrected chi connectivity index (χ1v) is 8.12. The molecule has 2 amide bonds. The van der Waals surface area contributed by atoms with E-state index in [1.807, 2.05) is 0 Å². The van der Waals surface area contributed by atoms with Crippen molar-refractivity contribution in [3.63, 3.8) is 0 Å². The molecule has 0 saturated carbocycles. The van der Waals surface area contributed by atoms with Crippen molar-refractivity contribution < 1.29 is 28.6 Å². The molecule has 1 aromatic rings. The SMILES string of the molecule is COC(=O)c1ccc2c(c1)OCC(=O)N2CC(=O)NC[C@@H]1CCCO1. The van der Waals surface area contributed by atoms with Crippen LogP contribution in [0.2, 0.25) is 0 Å². The first-order chi connectivity index (χ1) is 12.1. The van der Waals surface area contributed by atoms with Crippen molar-refractivity contribution in [1.29, 1.82) is 0 Å². The highest BCUT2D eigenvalue weighted by atomic mass is 16.5. The van der Waals surface area contributed by atoms with E-state index in [1.165, 1.54) is 24.1 Å². The number of esters is 1. The molecule has 3 rings (SSSR count). The molecule has 0 bridgehead atoms. The van der Waals surface area contributed by atoms with Gasteiger partial charge in [-0.25, -0.2) is 4.79 Å². The third-order valence-electron chi connectivity index (χ3n) is 4.18. The minimum atomic E-state index is -0.496. The van der Waals surface area contributed by atoms with Gasteiger partial charge in [-0.2, -0.15) is 0 Å². The van der Waals surface area contributed by atoms with Crippen LogP contribution in [0.1, 0.15) is 23.2 Å². The van der Waals surface area contributed by atoms with Crippen LogP contribution in [0.15, 0.2) is 18.2 Å². The van der Waals surface area contributed by atoms with E-state index in [0.717, 1.165) is 19.4 Å². The minimum absolute atomic E-state index is 0.0410. The molecule has 2 aliphatic heterocycles. The van der Waals surface area contributed by atoms with Gasteiger partial charge in [-0.3, -0.25) is 14.5 Å². The van der Waals surface area contributed by atoms with Crippen LogP contribution in [0, 0.1) is 0 Å². The Hall–Kier alpha value is -2.61. The monoisotopic (exact) mass is 348 g/mol. The summed E-state index contributed by atoms with van der Waals surface area (Å²) in [7, 11) is 1.29. The van der Waals surface area contributed by atoms with Crippen LogP contribution in [0.5, 0.6) is 5.75 Å². The summed E-state index contributed by atoms with van der Waals surface area (Å²) < 4.78 is 15.5. The number of hydrogen-bond acceptors (Lipinski definition) is 6. The highest BCUT2D eigenvalue weighted by Crippen LogP contribution is 2.33. The summed E-state index contributed by atoms with van der Waals surface area (Å²) in [6.07, 6.45) is 1.97. The fourth-order valence-corrected chi connectivity index (χ4v) is 2.86. The lowest BCUT2D eigenvalue weighted by molar-refractivity contribution is -0.125. The molecular weight excluding hydrogens is 328 g/mol. The van der Waals surface area contributed by atoms with Crippen LogP contribution in [0.4, 0.5) is 5.69 Å². The van der Waals surface area contributed by atoms with Gasteiger partial charge in [-0.05, 0) is 31.0 Å². The van der Waals surface area contributed by atoms with Crippen LogP contribution in [-0.4, -0.2) is 57.3 Å². The number of benzene rings is 1. The summed E-state index contributed by atoms with van der Waals surface area (Å²) in [6.45, 7) is 0.861. The second-order valence-corrected chi connectivity index (χ2v) is 5.88. The quantitative estimate of drug-likeness (QED) is 0.779. The van der Waals surface area contributed by atoms with E-state index in [9.17, 15) is 14.4 Å². The third-order valence-corrected chi connectivity index (χ3v) is 4.18. The summed E-state index contributed by atoms with van der Waals surface area (Å²) >= 11 is 0. The molecule has 0 unspecified atom stereocenters. The summed E-state index contributed by atoms with van der Waals surface area (Å²) in [5.74, 6) is -0.710. The predicted octanol–water partition coefficient (Wildman–Crippen LogP) is 0.494. The van der Waals surface area contributed by atoms with Crippen LogP contribution >= 0.6 is 0 Å². The van der Waals surface area contributed by atoms with Crippen molar-refractivity contribution in [3.05, 3.63) is 23.8 Å². The third kappa shape index (κ3) is 3.90. The summed E-state index contributed by atoms with van der Waals surface area (Å²) in [5, 5.41) is 2.79. The highest BCUT2D eigenvalue weighted by molar-refractivity contribution is 6.03. The molecule has 134 valence electrons. The van der Waals surface area contributed by atoms with Gasteiger partial charge in [-0.15, -0.1) is 0 Å². The summed E-state index contributed by atoms with van der Waals surface area (Å²) in [4.78, 5) is 37.3. The van der Waals surface area contributed by atoms with E-state index >= 15 is 0 Å². The van der Waals surface area contributed by atoms with Crippen LogP contribution < -0.4 is 15.0 Å². The molecule has 2 heterocycles. The second-order valence-electron chi connectivity index (χ2n) is 5.88. The van der Waals surface area contributed by atoms with Gasteiger partial charge in [0.05, 0.1) is 24.5 Å². The number of fused-ring (bicyclic) bond motifs is 1. The Kier molecular flexibility index (Phi) is 5.18. The molecule has 1 atom stereocenters. The second kappa shape index (κ2) is 7.52. The lowest BCUT2D eigenvalue weighted by Crippen LogP contribution is -2.46. The Morgan fingerprint density at radius 3 is 2.96 bits per heavy atom. The Balaban J connectivity index is 1.68. The number of ether oxygens (including phenoxy) is 3. The zero-order chi connectivity index (χ0) is 17.8. The topological polar surface area (TPSA) is 94.2 Å². The number of methoxy groups -OCH3 is 1. The lowest BCUT2D eigenvalue weighted by Gasteiger charge is -2.29. The number of anilines is 1. The van der Waals surface area contributed by atoms with Gasteiger partial charge in [0.25, 0.3) is 5.91 Å². The zero-order valence-electron chi connectivity index (χ0n) is 13.9. The van der Waals surface area contributed by atoms with Gasteiger partial charge < -0.3 is 19.5 Å². The van der Waals surface area contributed by atoms with Crippen molar-refractivity contribution in [2.75, 3.05) is 38.3 Å². The number of carbonyl (C=O) groups excluding carboxylic acids is 3. The molecular formula is C17H20N2O6. The van der Waals surface area contributed by atoms with Gasteiger partial charge in [0.1, 0.15) is 12.3 Å². The standard InChI is InChI=1S/C17H20N2O6/c1-23-17(22)11-4-5-13-14(7-11)25-10-16(21)19(13)9-15(20)18-8-12-3-2-6-24-12/h4-5,7,12H,2-3,6,8-10H2,1H3,(H,18,20)/t12-/m0/s1. The first-order valence-electron chi connectivity index (χ1n) is 8.12. The van der Waals surface area contributed by atoms with Gasteiger partial charge in [0.15, 0.2) is 6.61 Å². The fraction of sp³-hybridized carbons (Fsp3) is 0.471. The highest BCUT2D eigenvalue weighted by Gasteiger charge is 2.28. The predicted molar refractivity (Wildman–Crippen MR) is 87.6 cm³/mol. The summed E-state index contributed by atoms with van der Waals surface area (Å²) in [6, 6.07) is 4.61.